The van der Waals surface area contributed by atoms with Gasteiger partial charge in [0.1, 0.15) is 17.6 Å². The van der Waals surface area contributed by atoms with Crippen molar-refractivity contribution in [2.45, 2.75) is 18.6 Å². The molecule has 1 aliphatic heterocycles. The van der Waals surface area contributed by atoms with Gasteiger partial charge in [-0.2, -0.15) is 13.2 Å². The summed E-state index contributed by atoms with van der Waals surface area (Å²) in [5, 5.41) is 10.8. The molecule has 1 fully saturated rings. The Morgan fingerprint density at radius 2 is 2.21 bits per heavy atom. The van der Waals surface area contributed by atoms with E-state index in [9.17, 15) is 23.3 Å². The van der Waals surface area contributed by atoms with E-state index in [1.807, 2.05) is 0 Å². The first-order chi connectivity index (χ1) is 8.79. The van der Waals surface area contributed by atoms with Crippen molar-refractivity contribution in [3.05, 3.63) is 28.1 Å². The largest absolute Gasteiger partial charge is 0.433 e. The molecule has 0 bridgehead atoms. The molecule has 1 atom stereocenters. The molecule has 0 aliphatic carbocycles. The molecule has 1 unspecified atom stereocenters. The minimum atomic E-state index is -4.63. The minimum absolute atomic E-state index is 0.0831. The summed E-state index contributed by atoms with van der Waals surface area (Å²) in [6.45, 7) is 0.686. The fourth-order valence-corrected chi connectivity index (χ4v) is 1.99. The van der Waals surface area contributed by atoms with Gasteiger partial charge in [0, 0.05) is 19.1 Å². The van der Waals surface area contributed by atoms with E-state index in [2.05, 4.69) is 4.98 Å². The summed E-state index contributed by atoms with van der Waals surface area (Å²) in [5.74, 6) is 0. The van der Waals surface area contributed by atoms with Crippen LogP contribution in [0.3, 0.4) is 0 Å². The average Bonchev–Trinajstić information content (AvgIpc) is 2.73. The summed E-state index contributed by atoms with van der Waals surface area (Å²) in [6, 6.07) is 0.512. The molecule has 1 aromatic rings. The number of nitrogens with zero attached hydrogens (tertiary/aromatic N) is 3. The molecule has 0 spiro atoms. The lowest BCUT2D eigenvalue weighted by atomic mass is 10.2. The summed E-state index contributed by atoms with van der Waals surface area (Å²) in [7, 11) is 0. The molecule has 2 heterocycles. The van der Waals surface area contributed by atoms with Crippen LogP contribution in [0.15, 0.2) is 12.3 Å². The monoisotopic (exact) mass is 276 g/mol. The average molecular weight is 276 g/mol. The highest BCUT2D eigenvalue weighted by atomic mass is 19.4. The third-order valence-electron chi connectivity index (χ3n) is 2.91. The van der Waals surface area contributed by atoms with Gasteiger partial charge >= 0.3 is 11.9 Å². The molecule has 6 nitrogen and oxygen atoms in total. The van der Waals surface area contributed by atoms with Crippen LogP contribution in [-0.4, -0.2) is 29.0 Å². The second-order valence-corrected chi connectivity index (χ2v) is 4.31. The Balaban J connectivity index is 2.45. The molecule has 1 saturated heterocycles. The van der Waals surface area contributed by atoms with Gasteiger partial charge in [0.2, 0.25) is 0 Å². The van der Waals surface area contributed by atoms with E-state index in [1.165, 1.54) is 4.90 Å². The fourth-order valence-electron chi connectivity index (χ4n) is 1.99. The van der Waals surface area contributed by atoms with Gasteiger partial charge in [0.25, 0.3) is 0 Å². The van der Waals surface area contributed by atoms with E-state index in [1.54, 1.807) is 0 Å². The molecule has 1 aromatic heterocycles. The van der Waals surface area contributed by atoms with E-state index in [-0.39, 0.29) is 11.7 Å². The third-order valence-corrected chi connectivity index (χ3v) is 2.91. The summed E-state index contributed by atoms with van der Waals surface area (Å²) in [4.78, 5) is 14.7. The first-order valence-electron chi connectivity index (χ1n) is 5.51. The van der Waals surface area contributed by atoms with Gasteiger partial charge in [0.15, 0.2) is 0 Å². The quantitative estimate of drug-likeness (QED) is 0.654. The Morgan fingerprint density at radius 1 is 1.53 bits per heavy atom. The minimum Gasteiger partial charge on any atom is -0.364 e. The van der Waals surface area contributed by atoms with Crippen molar-refractivity contribution in [3.63, 3.8) is 0 Å². The molecular weight excluding hydrogens is 265 g/mol. The zero-order valence-corrected chi connectivity index (χ0v) is 9.72. The third kappa shape index (κ3) is 2.75. The lowest BCUT2D eigenvalue weighted by Crippen LogP contribution is -2.27. The van der Waals surface area contributed by atoms with E-state index >= 15 is 0 Å². The second-order valence-electron chi connectivity index (χ2n) is 4.31. The van der Waals surface area contributed by atoms with E-state index < -0.39 is 22.5 Å². The number of alkyl halides is 3. The van der Waals surface area contributed by atoms with Crippen LogP contribution < -0.4 is 10.6 Å². The van der Waals surface area contributed by atoms with Crippen molar-refractivity contribution >= 4 is 11.4 Å². The van der Waals surface area contributed by atoms with Gasteiger partial charge in [-0.05, 0) is 12.5 Å². The van der Waals surface area contributed by atoms with Crippen molar-refractivity contribution in [1.82, 2.24) is 4.98 Å². The Kier molecular flexibility index (Phi) is 3.31. The lowest BCUT2D eigenvalue weighted by molar-refractivity contribution is -0.384. The van der Waals surface area contributed by atoms with Crippen molar-refractivity contribution in [1.29, 1.82) is 0 Å². The van der Waals surface area contributed by atoms with Gasteiger partial charge in [-0.15, -0.1) is 0 Å². The van der Waals surface area contributed by atoms with Gasteiger partial charge < -0.3 is 10.6 Å². The zero-order valence-electron chi connectivity index (χ0n) is 9.72. The predicted molar refractivity (Wildman–Crippen MR) is 60.7 cm³/mol. The Hall–Kier alpha value is -1.90. The van der Waals surface area contributed by atoms with Crippen LogP contribution in [0.4, 0.5) is 24.5 Å². The van der Waals surface area contributed by atoms with Crippen LogP contribution in [0.25, 0.3) is 0 Å². The Labute approximate surface area is 106 Å². The maximum absolute atomic E-state index is 12.6. The van der Waals surface area contributed by atoms with Crippen molar-refractivity contribution in [2.24, 2.45) is 5.73 Å². The van der Waals surface area contributed by atoms with Crippen LogP contribution in [0.1, 0.15) is 12.1 Å². The molecule has 2 N–H and O–H groups in total. The molecule has 2 rings (SSSR count). The van der Waals surface area contributed by atoms with Gasteiger partial charge in [-0.25, -0.2) is 4.98 Å². The molecule has 9 heteroatoms. The maximum atomic E-state index is 12.6. The molecular formula is C10H11F3N4O2. The van der Waals surface area contributed by atoms with Crippen LogP contribution >= 0.6 is 0 Å². The summed E-state index contributed by atoms with van der Waals surface area (Å²) in [6.07, 6.45) is -3.41. The lowest BCUT2D eigenvalue weighted by Gasteiger charge is -2.18. The van der Waals surface area contributed by atoms with Gasteiger partial charge in [-0.1, -0.05) is 0 Å². The highest BCUT2D eigenvalue weighted by molar-refractivity contribution is 5.63. The fraction of sp³-hybridized carbons (Fsp3) is 0.500. The highest BCUT2D eigenvalue weighted by Crippen LogP contribution is 2.35. The van der Waals surface area contributed by atoms with Crippen LogP contribution in [0.5, 0.6) is 0 Å². The number of nitrogens with two attached hydrogens (primary N) is 1. The SMILES string of the molecule is NC1CCN(c2cc(C(F)(F)F)ncc2[N+](=O)[O-])C1. The molecule has 0 amide bonds. The summed E-state index contributed by atoms with van der Waals surface area (Å²) < 4.78 is 37.8. The van der Waals surface area contributed by atoms with Crippen LogP contribution in [0.2, 0.25) is 0 Å². The smallest absolute Gasteiger partial charge is 0.364 e. The van der Waals surface area contributed by atoms with Crippen LogP contribution in [0, 0.1) is 10.1 Å². The first kappa shape index (κ1) is 13.5. The second kappa shape index (κ2) is 4.65. The number of halogens is 3. The topological polar surface area (TPSA) is 85.3 Å². The predicted octanol–water partition coefficient (Wildman–Crippen LogP) is 1.55. The van der Waals surface area contributed by atoms with E-state index in [4.69, 9.17) is 5.73 Å². The van der Waals surface area contributed by atoms with Gasteiger partial charge in [0.05, 0.1) is 4.92 Å². The normalized spacial score (nSPS) is 19.8. The molecule has 0 aromatic carbocycles. The molecule has 104 valence electrons. The molecule has 19 heavy (non-hydrogen) atoms. The standard InChI is InChI=1S/C10H11F3N4O2/c11-10(12,13)9-3-7(8(4-15-9)17(18)19)16-2-1-6(14)5-16/h3-4,6H,1-2,5,14H2. The maximum Gasteiger partial charge on any atom is 0.433 e. The number of anilines is 1. The van der Waals surface area contributed by atoms with E-state index in [0.29, 0.717) is 31.8 Å². The van der Waals surface area contributed by atoms with Crippen molar-refractivity contribution in [2.75, 3.05) is 18.0 Å². The van der Waals surface area contributed by atoms with Crippen LogP contribution in [-0.2, 0) is 6.18 Å². The van der Waals surface area contributed by atoms with Crippen molar-refractivity contribution in [3.8, 4) is 0 Å². The van der Waals surface area contributed by atoms with Crippen molar-refractivity contribution < 1.29 is 18.1 Å². The number of rotatable bonds is 2. The highest BCUT2D eigenvalue weighted by Gasteiger charge is 2.36. The number of aromatic nitrogens is 1. The molecule has 1 aliphatic rings. The summed E-state index contributed by atoms with van der Waals surface area (Å²) in [5.41, 5.74) is 3.99. The summed E-state index contributed by atoms with van der Waals surface area (Å²) >= 11 is 0. The first-order valence-corrected chi connectivity index (χ1v) is 5.51. The molecule has 0 saturated carbocycles. The Morgan fingerprint density at radius 3 is 2.68 bits per heavy atom. The number of hydrogen-bond acceptors (Lipinski definition) is 5. The number of hydrogen-bond donors (Lipinski definition) is 1. The molecule has 0 radical (unpaired) electrons. The number of nitro groups is 1. The Bertz CT molecular complexity index is 506. The van der Waals surface area contributed by atoms with Gasteiger partial charge in [-0.3, -0.25) is 10.1 Å². The van der Waals surface area contributed by atoms with E-state index in [0.717, 1.165) is 0 Å². The number of pyridine rings is 1. The zero-order chi connectivity index (χ0) is 14.2.